The molecule has 0 bridgehead atoms. The topological polar surface area (TPSA) is 30.2 Å². The lowest BCUT2D eigenvalue weighted by Crippen LogP contribution is -2.04. The van der Waals surface area contributed by atoms with Crippen molar-refractivity contribution < 1.29 is 9.21 Å². The number of benzene rings is 2. The van der Waals surface area contributed by atoms with Crippen LogP contribution >= 0.6 is 11.8 Å². The number of para-hydroxylation sites is 1. The van der Waals surface area contributed by atoms with Gasteiger partial charge in [0.05, 0.1) is 5.56 Å². The quantitative estimate of drug-likeness (QED) is 0.504. The van der Waals surface area contributed by atoms with Crippen molar-refractivity contribution in [1.29, 1.82) is 0 Å². The molecule has 0 saturated heterocycles. The van der Waals surface area contributed by atoms with Crippen LogP contribution in [0.3, 0.4) is 0 Å². The van der Waals surface area contributed by atoms with Crippen LogP contribution in [0.15, 0.2) is 57.8 Å². The van der Waals surface area contributed by atoms with Gasteiger partial charge in [0, 0.05) is 22.3 Å². The van der Waals surface area contributed by atoms with Gasteiger partial charge in [0.15, 0.2) is 5.78 Å². The molecule has 0 fully saturated rings. The molecular formula is C18H16O2S. The molecule has 3 heteroatoms. The summed E-state index contributed by atoms with van der Waals surface area (Å²) in [5, 5.41) is 0.898. The van der Waals surface area contributed by atoms with Crippen molar-refractivity contribution in [2.45, 2.75) is 18.2 Å². The summed E-state index contributed by atoms with van der Waals surface area (Å²) in [6.07, 6.45) is 2.69. The molecule has 2 nitrogen and oxygen atoms in total. The predicted octanol–water partition coefficient (Wildman–Crippen LogP) is 4.95. The third-order valence-corrected chi connectivity index (χ3v) is 4.36. The normalized spacial score (nSPS) is 11.0. The second kappa shape index (κ2) is 5.78. The van der Waals surface area contributed by atoms with Crippen molar-refractivity contribution >= 4 is 28.5 Å². The Morgan fingerprint density at radius 1 is 1.10 bits per heavy atom. The molecule has 0 N–H and O–H groups in total. The Bertz CT molecular complexity index is 802. The van der Waals surface area contributed by atoms with Crippen LogP contribution < -0.4 is 0 Å². The SMILES string of the molecule is CCc1oc2ccccc2c1C(=O)c1ccccc1SC. The number of fused-ring (bicyclic) bond motifs is 1. The summed E-state index contributed by atoms with van der Waals surface area (Å²) in [6, 6.07) is 15.4. The van der Waals surface area contributed by atoms with E-state index >= 15 is 0 Å². The third-order valence-electron chi connectivity index (χ3n) is 3.57. The second-order valence-electron chi connectivity index (χ2n) is 4.78. The fourth-order valence-corrected chi connectivity index (χ4v) is 3.16. The molecule has 1 heterocycles. The maximum Gasteiger partial charge on any atom is 0.198 e. The standard InChI is InChI=1S/C18H16O2S/c1-3-14-17(12-8-4-6-10-15(12)20-14)18(19)13-9-5-7-11-16(13)21-2/h4-11H,3H2,1-2H3. The van der Waals surface area contributed by atoms with Gasteiger partial charge in [-0.15, -0.1) is 11.8 Å². The van der Waals surface area contributed by atoms with Crippen LogP contribution in [-0.2, 0) is 6.42 Å². The van der Waals surface area contributed by atoms with Crippen molar-refractivity contribution in [2.75, 3.05) is 6.26 Å². The van der Waals surface area contributed by atoms with E-state index in [0.717, 1.165) is 27.2 Å². The van der Waals surface area contributed by atoms with Crippen LogP contribution in [-0.4, -0.2) is 12.0 Å². The number of furan rings is 1. The zero-order valence-electron chi connectivity index (χ0n) is 12.1. The van der Waals surface area contributed by atoms with E-state index in [4.69, 9.17) is 4.42 Å². The zero-order valence-corrected chi connectivity index (χ0v) is 12.9. The van der Waals surface area contributed by atoms with Crippen LogP contribution in [0.4, 0.5) is 0 Å². The van der Waals surface area contributed by atoms with Crippen molar-refractivity contribution in [3.8, 4) is 0 Å². The largest absolute Gasteiger partial charge is 0.460 e. The summed E-state index contributed by atoms with van der Waals surface area (Å²) in [7, 11) is 0. The summed E-state index contributed by atoms with van der Waals surface area (Å²) in [6.45, 7) is 2.01. The fraction of sp³-hybridized carbons (Fsp3) is 0.167. The van der Waals surface area contributed by atoms with Gasteiger partial charge in [-0.3, -0.25) is 4.79 Å². The first-order chi connectivity index (χ1) is 10.3. The first-order valence-corrected chi connectivity index (χ1v) is 8.16. The maximum atomic E-state index is 13.0. The molecule has 21 heavy (non-hydrogen) atoms. The van der Waals surface area contributed by atoms with Crippen LogP contribution in [0.1, 0.15) is 28.6 Å². The van der Waals surface area contributed by atoms with E-state index in [9.17, 15) is 4.79 Å². The summed E-state index contributed by atoms with van der Waals surface area (Å²) in [5.41, 5.74) is 2.22. The molecule has 0 radical (unpaired) electrons. The lowest BCUT2D eigenvalue weighted by atomic mass is 9.99. The lowest BCUT2D eigenvalue weighted by Gasteiger charge is -2.06. The molecule has 0 saturated carbocycles. The average molecular weight is 296 g/mol. The van der Waals surface area contributed by atoms with Crippen LogP contribution in [0.5, 0.6) is 0 Å². The van der Waals surface area contributed by atoms with Gasteiger partial charge >= 0.3 is 0 Å². The Kier molecular flexibility index (Phi) is 3.84. The molecule has 0 unspecified atom stereocenters. The first-order valence-electron chi connectivity index (χ1n) is 6.94. The number of hydrogen-bond donors (Lipinski definition) is 0. The van der Waals surface area contributed by atoms with E-state index in [1.54, 1.807) is 11.8 Å². The van der Waals surface area contributed by atoms with Crippen molar-refractivity contribution in [3.63, 3.8) is 0 Å². The summed E-state index contributed by atoms with van der Waals surface area (Å²) >= 11 is 1.59. The minimum Gasteiger partial charge on any atom is -0.460 e. The average Bonchev–Trinajstić information content (AvgIpc) is 2.92. The molecule has 106 valence electrons. The van der Waals surface area contributed by atoms with Crippen LogP contribution in [0.2, 0.25) is 0 Å². The highest BCUT2D eigenvalue weighted by Gasteiger charge is 2.22. The molecule has 3 rings (SSSR count). The van der Waals surface area contributed by atoms with Gasteiger partial charge in [0.25, 0.3) is 0 Å². The molecule has 2 aromatic carbocycles. The lowest BCUT2D eigenvalue weighted by molar-refractivity contribution is 0.103. The van der Waals surface area contributed by atoms with E-state index in [2.05, 4.69) is 0 Å². The highest BCUT2D eigenvalue weighted by Crippen LogP contribution is 2.31. The number of carbonyl (C=O) groups is 1. The van der Waals surface area contributed by atoms with Crippen LogP contribution in [0, 0.1) is 0 Å². The summed E-state index contributed by atoms with van der Waals surface area (Å²) in [5.74, 6) is 0.804. The Labute approximate surface area is 128 Å². The van der Waals surface area contributed by atoms with Gasteiger partial charge < -0.3 is 4.42 Å². The van der Waals surface area contributed by atoms with E-state index in [1.165, 1.54) is 0 Å². The molecule has 3 aromatic rings. The van der Waals surface area contributed by atoms with Crippen molar-refractivity contribution in [1.82, 2.24) is 0 Å². The van der Waals surface area contributed by atoms with E-state index in [0.29, 0.717) is 12.0 Å². The molecule has 0 aliphatic heterocycles. The Morgan fingerprint density at radius 3 is 2.57 bits per heavy atom. The molecule has 0 atom stereocenters. The molecule has 0 aliphatic rings. The Morgan fingerprint density at radius 2 is 1.81 bits per heavy atom. The molecule has 0 aliphatic carbocycles. The Hall–Kier alpha value is -2.00. The number of thioether (sulfide) groups is 1. The van der Waals surface area contributed by atoms with Gasteiger partial charge in [-0.1, -0.05) is 37.3 Å². The highest BCUT2D eigenvalue weighted by atomic mass is 32.2. The Balaban J connectivity index is 2.22. The highest BCUT2D eigenvalue weighted by molar-refractivity contribution is 7.98. The smallest absolute Gasteiger partial charge is 0.198 e. The third kappa shape index (κ3) is 2.38. The second-order valence-corrected chi connectivity index (χ2v) is 5.63. The van der Waals surface area contributed by atoms with Crippen molar-refractivity contribution in [3.05, 3.63) is 65.4 Å². The molecule has 0 spiro atoms. The minimum absolute atomic E-state index is 0.0433. The minimum atomic E-state index is 0.0433. The van der Waals surface area contributed by atoms with Crippen molar-refractivity contribution in [2.24, 2.45) is 0 Å². The van der Waals surface area contributed by atoms with E-state index in [-0.39, 0.29) is 5.78 Å². The first kappa shape index (κ1) is 14.0. The maximum absolute atomic E-state index is 13.0. The van der Waals surface area contributed by atoms with Gasteiger partial charge in [-0.25, -0.2) is 0 Å². The number of ketones is 1. The fourth-order valence-electron chi connectivity index (χ4n) is 2.56. The van der Waals surface area contributed by atoms with Crippen LogP contribution in [0.25, 0.3) is 11.0 Å². The van der Waals surface area contributed by atoms with Gasteiger partial charge in [0.1, 0.15) is 11.3 Å². The van der Waals surface area contributed by atoms with E-state index < -0.39 is 0 Å². The van der Waals surface area contributed by atoms with Gasteiger partial charge in [-0.2, -0.15) is 0 Å². The zero-order chi connectivity index (χ0) is 14.8. The number of hydrogen-bond acceptors (Lipinski definition) is 3. The number of carbonyl (C=O) groups excluding carboxylic acids is 1. The summed E-state index contributed by atoms with van der Waals surface area (Å²) < 4.78 is 5.84. The van der Waals surface area contributed by atoms with Gasteiger partial charge in [-0.05, 0) is 24.5 Å². The molecule has 1 aromatic heterocycles. The van der Waals surface area contributed by atoms with E-state index in [1.807, 2.05) is 61.7 Å². The molecular weight excluding hydrogens is 280 g/mol. The number of aryl methyl sites for hydroxylation is 1. The molecule has 0 amide bonds. The van der Waals surface area contributed by atoms with Gasteiger partial charge in [0.2, 0.25) is 0 Å². The monoisotopic (exact) mass is 296 g/mol. The predicted molar refractivity (Wildman–Crippen MR) is 87.2 cm³/mol. The summed E-state index contributed by atoms with van der Waals surface area (Å²) in [4.78, 5) is 14.0. The number of rotatable bonds is 4.